The number of carbonyl (C=O) groups is 3. The van der Waals surface area contributed by atoms with Crippen LogP contribution in [-0.2, 0) is 31.3 Å². The van der Waals surface area contributed by atoms with Crippen molar-refractivity contribution in [3.63, 3.8) is 0 Å². The second-order valence-electron chi connectivity index (χ2n) is 10.3. The van der Waals surface area contributed by atoms with Crippen molar-refractivity contribution in [1.82, 2.24) is 9.96 Å². The minimum atomic E-state index is -3.20. The van der Waals surface area contributed by atoms with Crippen LogP contribution in [0.15, 0.2) is 30.3 Å². The summed E-state index contributed by atoms with van der Waals surface area (Å²) in [5.74, 6) is -14.5. The van der Waals surface area contributed by atoms with Crippen LogP contribution in [0.5, 0.6) is 0 Å². The van der Waals surface area contributed by atoms with Crippen LogP contribution >= 0.6 is 34.8 Å². The fourth-order valence-electron chi connectivity index (χ4n) is 4.43. The number of ether oxygens (including phenoxy) is 2. The number of carboxylic acids is 1. The molecule has 1 heterocycles. The quantitative estimate of drug-likeness (QED) is 0.116. The number of carboxylic acid groups (broad SMARTS) is 1. The number of alkyl halides is 3. The Labute approximate surface area is 256 Å². The van der Waals surface area contributed by atoms with Crippen molar-refractivity contribution >= 4 is 53.0 Å². The number of likely N-dealkylation sites (tertiary alicyclic amines) is 1. The third-order valence-corrected chi connectivity index (χ3v) is 6.44. The molecule has 0 aliphatic carbocycles. The Morgan fingerprint density at radius 3 is 1.98 bits per heavy atom. The van der Waals surface area contributed by atoms with Gasteiger partial charge < -0.3 is 14.6 Å². The van der Waals surface area contributed by atoms with Gasteiger partial charge >= 0.3 is 22.1 Å². The molecule has 0 bridgehead atoms. The highest BCUT2D eigenvalue weighted by molar-refractivity contribution is 6.66. The van der Waals surface area contributed by atoms with Crippen molar-refractivity contribution in [2.45, 2.75) is 61.4 Å². The molecule has 0 spiro atoms. The lowest BCUT2D eigenvalue weighted by Gasteiger charge is -2.48. The first kappa shape index (κ1) is 34.4. The number of carbonyl (C=O) groups excluding carboxylic acids is 2. The number of rotatable bonds is 6. The smallest absolute Gasteiger partial charge is 0.437 e. The van der Waals surface area contributed by atoms with E-state index in [0.29, 0.717) is 10.6 Å². The van der Waals surface area contributed by atoms with E-state index in [0.717, 1.165) is 0 Å². The molecule has 1 aliphatic heterocycles. The highest BCUT2D eigenvalue weighted by atomic mass is 35.6. The summed E-state index contributed by atoms with van der Waals surface area (Å²) in [5.41, 5.74) is -5.81. The van der Waals surface area contributed by atoms with Crippen LogP contribution in [0.3, 0.4) is 0 Å². The Kier molecular flexibility index (Phi) is 10.3. The lowest BCUT2D eigenvalue weighted by atomic mass is 9.78. The first-order chi connectivity index (χ1) is 19.8. The van der Waals surface area contributed by atoms with Crippen molar-refractivity contribution in [3.05, 3.63) is 70.5 Å². The predicted molar refractivity (Wildman–Crippen MR) is 141 cm³/mol. The van der Waals surface area contributed by atoms with Gasteiger partial charge in [-0.1, -0.05) is 30.3 Å². The molecule has 0 radical (unpaired) electrons. The zero-order valence-electron chi connectivity index (χ0n) is 22.6. The molecule has 9 nitrogen and oxygen atoms in total. The van der Waals surface area contributed by atoms with Gasteiger partial charge in [0, 0.05) is 6.54 Å². The molecule has 1 aliphatic rings. The topological polar surface area (TPSA) is 106 Å². The van der Waals surface area contributed by atoms with E-state index >= 15 is 8.78 Å². The standard InChI is InChI=1S/C26H24Cl3F5N2O7/c1-24(2,3)42-22(39)35-11-14(36(23(40)43-26(27,28)29)41-12-13-7-5-4-6-8-13)9-10-25(35,21(37)38)15-16(30)18(32)20(34)19(33)17(15)31/h4-8,14H,9-12H2,1-3H3,(H,37,38)/t14-,25+/m1/s1. The Morgan fingerprint density at radius 1 is 0.953 bits per heavy atom. The molecule has 1 saturated heterocycles. The molecule has 0 aromatic heterocycles. The molecule has 2 aromatic carbocycles. The zero-order valence-corrected chi connectivity index (χ0v) is 24.9. The van der Waals surface area contributed by atoms with Gasteiger partial charge in [0.2, 0.25) is 5.82 Å². The molecule has 2 amide bonds. The average molecular weight is 678 g/mol. The van der Waals surface area contributed by atoms with Crippen molar-refractivity contribution in [2.75, 3.05) is 6.54 Å². The maximum absolute atomic E-state index is 15.1. The van der Waals surface area contributed by atoms with Gasteiger partial charge in [-0.2, -0.15) is 5.06 Å². The van der Waals surface area contributed by atoms with Crippen LogP contribution in [0.2, 0.25) is 0 Å². The van der Waals surface area contributed by atoms with Crippen molar-refractivity contribution in [2.24, 2.45) is 0 Å². The molecule has 43 heavy (non-hydrogen) atoms. The summed E-state index contributed by atoms with van der Waals surface area (Å²) < 4.78 is 80.1. The predicted octanol–water partition coefficient (Wildman–Crippen LogP) is 6.96. The molecule has 17 heteroatoms. The van der Waals surface area contributed by atoms with Gasteiger partial charge in [-0.15, -0.1) is 0 Å². The van der Waals surface area contributed by atoms with E-state index in [-0.39, 0.29) is 11.5 Å². The summed E-state index contributed by atoms with van der Waals surface area (Å²) in [4.78, 5) is 45.0. The van der Waals surface area contributed by atoms with Crippen molar-refractivity contribution < 1.29 is 55.8 Å². The fraction of sp³-hybridized carbons (Fsp3) is 0.423. The first-order valence-corrected chi connectivity index (χ1v) is 13.4. The summed E-state index contributed by atoms with van der Waals surface area (Å²) in [6, 6.07) is 6.85. The van der Waals surface area contributed by atoms with Crippen LogP contribution in [0.4, 0.5) is 31.5 Å². The second kappa shape index (κ2) is 12.9. The Morgan fingerprint density at radius 2 is 1.49 bits per heavy atom. The third kappa shape index (κ3) is 7.54. The van der Waals surface area contributed by atoms with Gasteiger partial charge in [0.25, 0.3) is 0 Å². The summed E-state index contributed by atoms with van der Waals surface area (Å²) in [7, 11) is 0. The number of nitrogens with zero attached hydrogens (tertiary/aromatic N) is 2. The van der Waals surface area contributed by atoms with Gasteiger partial charge in [-0.05, 0) is 74.0 Å². The summed E-state index contributed by atoms with van der Waals surface area (Å²) in [5, 5.41) is 10.8. The Bertz CT molecular complexity index is 1360. The van der Waals surface area contributed by atoms with Crippen LogP contribution in [0.1, 0.15) is 44.7 Å². The largest absolute Gasteiger partial charge is 0.479 e. The zero-order chi connectivity index (χ0) is 32.5. The highest BCUT2D eigenvalue weighted by Gasteiger charge is 2.58. The third-order valence-electron chi connectivity index (χ3n) is 6.21. The van der Waals surface area contributed by atoms with Crippen molar-refractivity contribution in [3.8, 4) is 0 Å². The van der Waals surface area contributed by atoms with E-state index in [1.54, 1.807) is 30.3 Å². The molecular weight excluding hydrogens is 654 g/mol. The lowest BCUT2D eigenvalue weighted by molar-refractivity contribution is -0.192. The van der Waals surface area contributed by atoms with Gasteiger partial charge in [0.1, 0.15) is 12.2 Å². The van der Waals surface area contributed by atoms with E-state index in [9.17, 15) is 32.7 Å². The maximum Gasteiger partial charge on any atom is 0.437 e. The van der Waals surface area contributed by atoms with Gasteiger partial charge in [-0.3, -0.25) is 9.74 Å². The minimum absolute atomic E-state index is 0.245. The summed E-state index contributed by atoms with van der Waals surface area (Å²) in [6.07, 6.45) is -4.52. The number of hydrogen-bond donors (Lipinski definition) is 1. The summed E-state index contributed by atoms with van der Waals surface area (Å²) in [6.45, 7) is 2.88. The number of hydroxylamine groups is 2. The number of amides is 2. The van der Waals surface area contributed by atoms with E-state index in [4.69, 9.17) is 49.1 Å². The number of piperidine rings is 1. The number of benzene rings is 2. The van der Waals surface area contributed by atoms with Gasteiger partial charge in [-0.25, -0.2) is 36.3 Å². The lowest BCUT2D eigenvalue weighted by Crippen LogP contribution is -2.64. The van der Waals surface area contributed by atoms with Gasteiger partial charge in [0.15, 0.2) is 28.8 Å². The average Bonchev–Trinajstić information content (AvgIpc) is 2.90. The van der Waals surface area contributed by atoms with Crippen LogP contribution < -0.4 is 0 Å². The molecule has 1 fully saturated rings. The SMILES string of the molecule is CC(C)(C)OC(=O)N1C[C@H](N(OCc2ccccc2)C(=O)OC(Cl)(Cl)Cl)CC[C@@]1(C(=O)O)c1c(F)c(F)c(F)c(F)c1F. The molecule has 2 atom stereocenters. The van der Waals surface area contributed by atoms with E-state index in [1.165, 1.54) is 20.8 Å². The molecule has 0 unspecified atom stereocenters. The second-order valence-corrected chi connectivity index (χ2v) is 12.5. The first-order valence-electron chi connectivity index (χ1n) is 12.3. The Hall–Kier alpha value is -3.07. The maximum atomic E-state index is 15.1. The van der Waals surface area contributed by atoms with Crippen LogP contribution in [0.25, 0.3) is 0 Å². The van der Waals surface area contributed by atoms with E-state index in [1.807, 2.05) is 0 Å². The number of hydrogen-bond acceptors (Lipinski definition) is 6. The molecule has 2 aromatic rings. The van der Waals surface area contributed by atoms with E-state index < -0.39 is 93.4 Å². The van der Waals surface area contributed by atoms with Gasteiger partial charge in [0.05, 0.1) is 11.6 Å². The molecular formula is C26H24Cl3F5N2O7. The minimum Gasteiger partial charge on any atom is -0.479 e. The molecule has 3 rings (SSSR count). The molecule has 0 saturated carbocycles. The Balaban J connectivity index is 2.16. The summed E-state index contributed by atoms with van der Waals surface area (Å²) >= 11 is 16.7. The highest BCUT2D eigenvalue weighted by Crippen LogP contribution is 2.44. The normalized spacial score (nSPS) is 19.1. The molecule has 1 N–H and O–H groups in total. The fourth-order valence-corrected chi connectivity index (χ4v) is 4.63. The van der Waals surface area contributed by atoms with E-state index in [2.05, 4.69) is 0 Å². The van der Waals surface area contributed by atoms with Crippen LogP contribution in [-0.4, -0.2) is 55.4 Å². The molecule has 236 valence electrons. The monoisotopic (exact) mass is 676 g/mol. The van der Waals surface area contributed by atoms with Crippen molar-refractivity contribution in [1.29, 1.82) is 0 Å². The number of halogens is 8. The van der Waals surface area contributed by atoms with Crippen LogP contribution in [0, 0.1) is 29.1 Å². The number of aliphatic carboxylic acids is 1.